The fourth-order valence-electron chi connectivity index (χ4n) is 3.22. The Balaban J connectivity index is 1.40. The van der Waals surface area contributed by atoms with Gasteiger partial charge in [-0.05, 0) is 61.2 Å². The van der Waals surface area contributed by atoms with Crippen LogP contribution in [-0.2, 0) is 6.42 Å². The first kappa shape index (κ1) is 17.7. The van der Waals surface area contributed by atoms with E-state index in [-0.39, 0.29) is 5.91 Å². The number of carbonyl (C=O) groups excluding carboxylic acids is 1. The summed E-state index contributed by atoms with van der Waals surface area (Å²) in [7, 11) is 0. The van der Waals surface area contributed by atoms with Crippen LogP contribution in [0.1, 0.15) is 28.8 Å². The summed E-state index contributed by atoms with van der Waals surface area (Å²) in [6.07, 6.45) is 4.60. The van der Waals surface area contributed by atoms with Crippen molar-refractivity contribution in [3.63, 3.8) is 0 Å². The highest BCUT2D eigenvalue weighted by atomic mass is 35.5. The van der Waals surface area contributed by atoms with Crippen LogP contribution in [0.3, 0.4) is 0 Å². The van der Waals surface area contributed by atoms with Crippen molar-refractivity contribution < 1.29 is 14.3 Å². The number of carbonyl (C=O) groups is 1. The van der Waals surface area contributed by atoms with Crippen molar-refractivity contribution in [1.29, 1.82) is 0 Å². The van der Waals surface area contributed by atoms with Crippen molar-refractivity contribution in [3.8, 4) is 11.5 Å². The Labute approximate surface area is 162 Å². The average Bonchev–Trinajstić information content (AvgIpc) is 3.04. The van der Waals surface area contributed by atoms with E-state index in [4.69, 9.17) is 21.1 Å². The molecule has 6 heteroatoms. The minimum Gasteiger partial charge on any atom is -0.490 e. The number of nitrogens with one attached hydrogen (secondary N) is 2. The van der Waals surface area contributed by atoms with Gasteiger partial charge in [-0.25, -0.2) is 0 Å². The minimum atomic E-state index is -0.124. The van der Waals surface area contributed by atoms with Crippen molar-refractivity contribution >= 4 is 28.4 Å². The first-order valence-electron chi connectivity index (χ1n) is 9.14. The van der Waals surface area contributed by atoms with Gasteiger partial charge in [0.05, 0.1) is 13.2 Å². The molecule has 27 heavy (non-hydrogen) atoms. The summed E-state index contributed by atoms with van der Waals surface area (Å²) in [5.74, 6) is 1.21. The number of fused-ring (bicyclic) bond motifs is 2. The quantitative estimate of drug-likeness (QED) is 0.703. The Morgan fingerprint density at radius 2 is 1.89 bits per heavy atom. The monoisotopic (exact) mass is 384 g/mol. The fourth-order valence-corrected chi connectivity index (χ4v) is 3.39. The summed E-state index contributed by atoms with van der Waals surface area (Å²) in [5.41, 5.74) is 2.74. The molecular weight excluding hydrogens is 364 g/mol. The molecule has 2 aromatic carbocycles. The summed E-state index contributed by atoms with van der Waals surface area (Å²) < 4.78 is 11.4. The number of aromatic nitrogens is 1. The van der Waals surface area contributed by atoms with E-state index < -0.39 is 0 Å². The second kappa shape index (κ2) is 7.92. The first-order chi connectivity index (χ1) is 13.2. The van der Waals surface area contributed by atoms with Crippen LogP contribution in [0, 0.1) is 0 Å². The molecule has 0 saturated carbocycles. The Morgan fingerprint density at radius 1 is 1.07 bits per heavy atom. The van der Waals surface area contributed by atoms with Crippen LogP contribution in [0.2, 0.25) is 5.02 Å². The topological polar surface area (TPSA) is 63.4 Å². The maximum Gasteiger partial charge on any atom is 0.251 e. The fraction of sp³-hybridized carbons (Fsp3) is 0.286. The normalized spacial score (nSPS) is 13.8. The van der Waals surface area contributed by atoms with E-state index in [0.29, 0.717) is 41.8 Å². The first-order valence-corrected chi connectivity index (χ1v) is 9.52. The van der Waals surface area contributed by atoms with Gasteiger partial charge in [-0.15, -0.1) is 0 Å². The minimum absolute atomic E-state index is 0.124. The van der Waals surface area contributed by atoms with Gasteiger partial charge in [0.1, 0.15) is 0 Å². The molecular formula is C21H21ClN2O3. The van der Waals surface area contributed by atoms with Crippen LogP contribution in [0.15, 0.2) is 42.6 Å². The Kier molecular flexibility index (Phi) is 5.21. The van der Waals surface area contributed by atoms with E-state index in [0.717, 1.165) is 35.7 Å². The predicted molar refractivity (Wildman–Crippen MR) is 106 cm³/mol. The standard InChI is InChI=1S/C21H21ClN2O3/c22-16-4-5-18-17(12-16)15(13-24-18)7-8-23-21(25)14-3-6-19-20(11-14)27-10-2-1-9-26-19/h3-6,11-13,24H,1-2,7-10H2,(H,23,25). The Morgan fingerprint density at radius 3 is 2.74 bits per heavy atom. The SMILES string of the molecule is O=C(NCCc1c[nH]c2ccc(Cl)cc12)c1ccc2c(c1)OCCCCO2. The van der Waals surface area contributed by atoms with Gasteiger partial charge in [-0.1, -0.05) is 11.6 Å². The molecule has 5 nitrogen and oxygen atoms in total. The highest BCUT2D eigenvalue weighted by Crippen LogP contribution is 2.30. The summed E-state index contributed by atoms with van der Waals surface area (Å²) in [4.78, 5) is 15.7. The summed E-state index contributed by atoms with van der Waals surface area (Å²) in [5, 5.41) is 4.76. The molecule has 0 aliphatic carbocycles. The highest BCUT2D eigenvalue weighted by Gasteiger charge is 2.13. The predicted octanol–water partition coefficient (Wildman–Crippen LogP) is 4.35. The van der Waals surface area contributed by atoms with Crippen molar-refractivity contribution in [2.45, 2.75) is 19.3 Å². The molecule has 3 aromatic rings. The molecule has 1 amide bonds. The van der Waals surface area contributed by atoms with E-state index in [1.54, 1.807) is 18.2 Å². The number of hydrogen-bond acceptors (Lipinski definition) is 3. The third-order valence-corrected chi connectivity index (χ3v) is 4.90. The molecule has 1 aliphatic heterocycles. The van der Waals surface area contributed by atoms with Crippen molar-refractivity contribution in [2.75, 3.05) is 19.8 Å². The van der Waals surface area contributed by atoms with E-state index in [1.165, 1.54) is 0 Å². The van der Waals surface area contributed by atoms with Crippen molar-refractivity contribution in [3.05, 3.63) is 58.7 Å². The molecule has 1 aliphatic rings. The van der Waals surface area contributed by atoms with Crippen LogP contribution in [0.5, 0.6) is 11.5 Å². The zero-order chi connectivity index (χ0) is 18.6. The summed E-state index contributed by atoms with van der Waals surface area (Å²) >= 11 is 6.09. The number of H-pyrrole nitrogens is 1. The second-order valence-electron chi connectivity index (χ2n) is 6.58. The maximum absolute atomic E-state index is 12.5. The molecule has 2 N–H and O–H groups in total. The van der Waals surface area contributed by atoms with E-state index in [1.807, 2.05) is 24.4 Å². The van der Waals surface area contributed by atoms with E-state index in [2.05, 4.69) is 10.3 Å². The zero-order valence-electron chi connectivity index (χ0n) is 14.9. The lowest BCUT2D eigenvalue weighted by atomic mass is 10.1. The van der Waals surface area contributed by atoms with Crippen LogP contribution in [-0.4, -0.2) is 30.6 Å². The molecule has 0 saturated heterocycles. The molecule has 140 valence electrons. The molecule has 0 atom stereocenters. The average molecular weight is 385 g/mol. The van der Waals surface area contributed by atoms with Gasteiger partial charge in [-0.3, -0.25) is 4.79 Å². The smallest absolute Gasteiger partial charge is 0.251 e. The number of aromatic amines is 1. The van der Waals surface area contributed by atoms with Gasteiger partial charge in [-0.2, -0.15) is 0 Å². The second-order valence-corrected chi connectivity index (χ2v) is 7.01. The zero-order valence-corrected chi connectivity index (χ0v) is 15.6. The van der Waals surface area contributed by atoms with Gasteiger partial charge in [0, 0.05) is 34.2 Å². The molecule has 0 unspecified atom stereocenters. The summed E-state index contributed by atoms with van der Waals surface area (Å²) in [6, 6.07) is 11.1. The third-order valence-electron chi connectivity index (χ3n) is 4.67. The van der Waals surface area contributed by atoms with Gasteiger partial charge in [0.15, 0.2) is 11.5 Å². The number of amides is 1. The lowest BCUT2D eigenvalue weighted by Gasteiger charge is -2.17. The number of rotatable bonds is 4. The third kappa shape index (κ3) is 4.03. The lowest BCUT2D eigenvalue weighted by Crippen LogP contribution is -2.25. The van der Waals surface area contributed by atoms with Crippen LogP contribution >= 0.6 is 11.6 Å². The molecule has 0 bridgehead atoms. The van der Waals surface area contributed by atoms with Crippen LogP contribution in [0.4, 0.5) is 0 Å². The van der Waals surface area contributed by atoms with Gasteiger partial charge in [0.2, 0.25) is 0 Å². The van der Waals surface area contributed by atoms with Gasteiger partial charge in [0.25, 0.3) is 5.91 Å². The number of ether oxygens (including phenoxy) is 2. The van der Waals surface area contributed by atoms with E-state index >= 15 is 0 Å². The highest BCUT2D eigenvalue weighted by molar-refractivity contribution is 6.31. The van der Waals surface area contributed by atoms with Gasteiger partial charge < -0.3 is 19.8 Å². The maximum atomic E-state index is 12.5. The van der Waals surface area contributed by atoms with Crippen LogP contribution in [0.25, 0.3) is 10.9 Å². The van der Waals surface area contributed by atoms with Crippen molar-refractivity contribution in [2.24, 2.45) is 0 Å². The molecule has 0 spiro atoms. The molecule has 1 aromatic heterocycles. The molecule has 4 rings (SSSR count). The Bertz CT molecular complexity index is 967. The van der Waals surface area contributed by atoms with Crippen LogP contribution < -0.4 is 14.8 Å². The number of halogens is 1. The van der Waals surface area contributed by atoms with Gasteiger partial charge >= 0.3 is 0 Å². The molecule has 0 fully saturated rings. The summed E-state index contributed by atoms with van der Waals surface area (Å²) in [6.45, 7) is 1.85. The molecule has 0 radical (unpaired) electrons. The lowest BCUT2D eigenvalue weighted by molar-refractivity contribution is 0.0953. The van der Waals surface area contributed by atoms with Crippen molar-refractivity contribution in [1.82, 2.24) is 10.3 Å². The largest absolute Gasteiger partial charge is 0.490 e. The molecule has 2 heterocycles. The Hall–Kier alpha value is -2.66. The number of hydrogen-bond donors (Lipinski definition) is 2. The number of benzene rings is 2. The van der Waals surface area contributed by atoms with E-state index in [9.17, 15) is 4.79 Å².